The Labute approximate surface area is 126 Å². The third kappa shape index (κ3) is 8.97. The summed E-state index contributed by atoms with van der Waals surface area (Å²) in [7, 11) is 0. The van der Waals surface area contributed by atoms with Gasteiger partial charge >= 0.3 is 35.5 Å². The fourth-order valence-electron chi connectivity index (χ4n) is 0.732. The number of carboxylic acids is 1. The molecule has 0 spiro atoms. The van der Waals surface area contributed by atoms with Gasteiger partial charge in [-0.05, 0) is 11.6 Å². The van der Waals surface area contributed by atoms with Gasteiger partial charge < -0.3 is 5.11 Å². The van der Waals surface area contributed by atoms with E-state index in [1.165, 1.54) is 0 Å². The van der Waals surface area contributed by atoms with Crippen LogP contribution in [-0.4, -0.2) is 40.6 Å². The van der Waals surface area contributed by atoms with Gasteiger partial charge in [0.1, 0.15) is 0 Å². The number of hydrogen-bond donors (Lipinski definition) is 1. The van der Waals surface area contributed by atoms with Gasteiger partial charge in [-0.2, -0.15) is 0 Å². The van der Waals surface area contributed by atoms with Gasteiger partial charge in [0.25, 0.3) is 0 Å². The zero-order valence-electron chi connectivity index (χ0n) is 6.71. The molecule has 1 rings (SSSR count). The van der Waals surface area contributed by atoms with E-state index in [1.807, 2.05) is 30.3 Å². The van der Waals surface area contributed by atoms with Crippen molar-refractivity contribution in [3.8, 4) is 0 Å². The van der Waals surface area contributed by atoms with Crippen LogP contribution in [0.2, 0.25) is 0 Å². The van der Waals surface area contributed by atoms with Gasteiger partial charge in [-0.25, -0.2) is 4.79 Å². The van der Waals surface area contributed by atoms with E-state index in [4.69, 9.17) is 5.11 Å². The molecule has 5 heteroatoms. The van der Waals surface area contributed by atoms with Crippen molar-refractivity contribution in [2.45, 2.75) is 0 Å². The minimum absolute atomic E-state index is 0. The summed E-state index contributed by atoms with van der Waals surface area (Å²) < 4.78 is 0. The fourth-order valence-corrected chi connectivity index (χ4v) is 0.732. The van der Waals surface area contributed by atoms with Crippen LogP contribution in [0.4, 0.5) is 0 Å². The molecule has 0 unspecified atom stereocenters. The van der Waals surface area contributed by atoms with Crippen molar-refractivity contribution in [1.29, 1.82) is 0 Å². The average molecular weight is 334 g/mol. The van der Waals surface area contributed by atoms with Crippen molar-refractivity contribution in [1.82, 2.24) is 0 Å². The Morgan fingerprint density at radius 1 is 1.14 bits per heavy atom. The zero-order valence-corrected chi connectivity index (χ0v) is 10.1. The van der Waals surface area contributed by atoms with Crippen molar-refractivity contribution < 1.29 is 9.90 Å². The molecule has 0 fully saturated rings. The number of benzene rings is 1. The summed E-state index contributed by atoms with van der Waals surface area (Å²) in [6, 6.07) is 9.31. The summed E-state index contributed by atoms with van der Waals surface area (Å²) in [5, 5.41) is 8.29. The Balaban J connectivity index is -0.000000403. The van der Waals surface area contributed by atoms with E-state index >= 15 is 0 Å². The number of halogens is 2. The SMILES string of the molecule is Br.Br.O=C(O)C=Cc1ccccc1.[NaH]. The molecule has 0 aliphatic rings. The van der Waals surface area contributed by atoms with Crippen LogP contribution in [0, 0.1) is 0 Å². The summed E-state index contributed by atoms with van der Waals surface area (Å²) in [6.45, 7) is 0. The van der Waals surface area contributed by atoms with E-state index in [2.05, 4.69) is 0 Å². The Morgan fingerprint density at radius 3 is 2.07 bits per heavy atom. The third-order valence-electron chi connectivity index (χ3n) is 1.22. The van der Waals surface area contributed by atoms with Crippen molar-refractivity contribution in [3.63, 3.8) is 0 Å². The van der Waals surface area contributed by atoms with Crippen LogP contribution in [0.1, 0.15) is 5.56 Å². The molecule has 0 amide bonds. The van der Waals surface area contributed by atoms with Gasteiger partial charge in [0.15, 0.2) is 0 Å². The maximum absolute atomic E-state index is 10.1. The van der Waals surface area contributed by atoms with E-state index in [9.17, 15) is 4.79 Å². The van der Waals surface area contributed by atoms with Gasteiger partial charge in [0.05, 0.1) is 0 Å². The molecular formula is C9H11Br2NaO2. The molecule has 1 aromatic carbocycles. The van der Waals surface area contributed by atoms with Crippen LogP contribution in [0.3, 0.4) is 0 Å². The first-order valence-electron chi connectivity index (χ1n) is 3.25. The Hall–Kier alpha value is 0.390. The number of carboxylic acid groups (broad SMARTS) is 1. The molecule has 0 heterocycles. The van der Waals surface area contributed by atoms with Gasteiger partial charge in [-0.15, -0.1) is 34.0 Å². The predicted molar refractivity (Wildman–Crippen MR) is 70.9 cm³/mol. The second kappa shape index (κ2) is 11.5. The zero-order chi connectivity index (χ0) is 8.10. The van der Waals surface area contributed by atoms with E-state index in [0.29, 0.717) is 0 Å². The van der Waals surface area contributed by atoms with Crippen LogP contribution in [0.15, 0.2) is 36.4 Å². The molecule has 14 heavy (non-hydrogen) atoms. The Bertz CT molecular complexity index is 275. The number of aliphatic carboxylic acids is 1. The summed E-state index contributed by atoms with van der Waals surface area (Å²) in [5.41, 5.74) is 0.898. The molecule has 74 valence electrons. The van der Waals surface area contributed by atoms with Crippen LogP contribution < -0.4 is 0 Å². The number of rotatable bonds is 2. The molecule has 1 aromatic rings. The second-order valence-electron chi connectivity index (χ2n) is 2.08. The number of carbonyl (C=O) groups is 1. The quantitative estimate of drug-likeness (QED) is 0.666. The first-order valence-corrected chi connectivity index (χ1v) is 3.25. The molecule has 0 bridgehead atoms. The first kappa shape index (κ1) is 19.9. The molecule has 2 nitrogen and oxygen atoms in total. The molecular weight excluding hydrogens is 323 g/mol. The van der Waals surface area contributed by atoms with E-state index in [1.54, 1.807) is 6.08 Å². The molecule has 1 N–H and O–H groups in total. The molecule has 0 radical (unpaired) electrons. The topological polar surface area (TPSA) is 37.3 Å². The van der Waals surface area contributed by atoms with Crippen molar-refractivity contribution in [2.75, 3.05) is 0 Å². The summed E-state index contributed by atoms with van der Waals surface area (Å²) in [5.74, 6) is -0.922. The summed E-state index contributed by atoms with van der Waals surface area (Å²) >= 11 is 0. The minimum atomic E-state index is -0.922. The standard InChI is InChI=1S/C9H8O2.2BrH.Na.H/c10-9(11)7-6-8-4-2-1-3-5-8;;;;/h1-7H,(H,10,11);2*1H;;. The first-order chi connectivity index (χ1) is 5.29. The van der Waals surface area contributed by atoms with Gasteiger partial charge in [-0.3, -0.25) is 0 Å². The molecule has 0 aromatic heterocycles. The molecule has 0 saturated heterocycles. The molecule has 0 aliphatic carbocycles. The van der Waals surface area contributed by atoms with E-state index < -0.39 is 5.97 Å². The Kier molecular flexibility index (Phi) is 16.3. The van der Waals surface area contributed by atoms with Crippen LogP contribution in [0.5, 0.6) is 0 Å². The van der Waals surface area contributed by atoms with Crippen LogP contribution in [-0.2, 0) is 4.79 Å². The van der Waals surface area contributed by atoms with Crippen molar-refractivity contribution >= 4 is 75.6 Å². The second-order valence-corrected chi connectivity index (χ2v) is 2.08. The average Bonchev–Trinajstić information content (AvgIpc) is 2.03. The molecule has 0 atom stereocenters. The van der Waals surface area contributed by atoms with Gasteiger partial charge in [-0.1, -0.05) is 30.3 Å². The number of hydrogen-bond acceptors (Lipinski definition) is 1. The molecule has 0 aliphatic heterocycles. The summed E-state index contributed by atoms with van der Waals surface area (Å²) in [6.07, 6.45) is 2.68. The van der Waals surface area contributed by atoms with Crippen molar-refractivity contribution in [3.05, 3.63) is 42.0 Å². The maximum atomic E-state index is 10.1. The fraction of sp³-hybridized carbons (Fsp3) is 0. The van der Waals surface area contributed by atoms with Crippen molar-refractivity contribution in [2.24, 2.45) is 0 Å². The van der Waals surface area contributed by atoms with Gasteiger partial charge in [0.2, 0.25) is 0 Å². The third-order valence-corrected chi connectivity index (χ3v) is 1.22. The van der Waals surface area contributed by atoms with Gasteiger partial charge in [0, 0.05) is 6.08 Å². The Morgan fingerprint density at radius 2 is 1.64 bits per heavy atom. The van der Waals surface area contributed by atoms with Crippen LogP contribution >= 0.6 is 34.0 Å². The normalized spacial score (nSPS) is 8.00. The van der Waals surface area contributed by atoms with E-state index in [-0.39, 0.29) is 63.5 Å². The van der Waals surface area contributed by atoms with Crippen LogP contribution in [0.25, 0.3) is 6.08 Å². The van der Waals surface area contributed by atoms with E-state index in [0.717, 1.165) is 11.6 Å². The predicted octanol–water partition coefficient (Wildman–Crippen LogP) is 2.29. The molecule has 0 saturated carbocycles. The monoisotopic (exact) mass is 332 g/mol. The summed E-state index contributed by atoms with van der Waals surface area (Å²) in [4.78, 5) is 10.1.